The fourth-order valence-electron chi connectivity index (χ4n) is 2.02. The van der Waals surface area contributed by atoms with Gasteiger partial charge >= 0.3 is 0 Å². The SMILES string of the molecule is CN1CCCC(NS(=O)(=O)c2cnc(N)nc2)C1. The first-order valence-electron chi connectivity index (χ1n) is 5.76. The lowest BCUT2D eigenvalue weighted by molar-refractivity contribution is 0.242. The van der Waals surface area contributed by atoms with Crippen molar-refractivity contribution in [2.45, 2.75) is 23.8 Å². The van der Waals surface area contributed by atoms with Gasteiger partial charge in [0.15, 0.2) is 0 Å². The Labute approximate surface area is 106 Å². The quantitative estimate of drug-likeness (QED) is 0.763. The lowest BCUT2D eigenvalue weighted by Gasteiger charge is -2.29. The molecule has 0 saturated carbocycles. The van der Waals surface area contributed by atoms with E-state index >= 15 is 0 Å². The van der Waals surface area contributed by atoms with Crippen LogP contribution in [0.1, 0.15) is 12.8 Å². The zero-order valence-electron chi connectivity index (χ0n) is 10.2. The van der Waals surface area contributed by atoms with Crippen LogP contribution in [0.3, 0.4) is 0 Å². The van der Waals surface area contributed by atoms with Gasteiger partial charge in [-0.25, -0.2) is 23.1 Å². The molecule has 2 heterocycles. The second-order valence-corrected chi connectivity index (χ2v) is 6.21. The number of sulfonamides is 1. The lowest BCUT2D eigenvalue weighted by atomic mass is 10.1. The summed E-state index contributed by atoms with van der Waals surface area (Å²) in [6, 6.07) is -0.0636. The molecule has 1 fully saturated rings. The van der Waals surface area contributed by atoms with Gasteiger partial charge < -0.3 is 10.6 Å². The second kappa shape index (κ2) is 5.17. The third kappa shape index (κ3) is 3.15. The molecule has 1 saturated heterocycles. The monoisotopic (exact) mass is 271 g/mol. The Morgan fingerprint density at radius 1 is 1.44 bits per heavy atom. The van der Waals surface area contributed by atoms with E-state index in [1.54, 1.807) is 0 Å². The van der Waals surface area contributed by atoms with Gasteiger partial charge in [0.2, 0.25) is 16.0 Å². The molecule has 0 radical (unpaired) electrons. The van der Waals surface area contributed by atoms with Crippen LogP contribution in [0.2, 0.25) is 0 Å². The fourth-order valence-corrected chi connectivity index (χ4v) is 3.17. The molecule has 0 spiro atoms. The van der Waals surface area contributed by atoms with E-state index in [-0.39, 0.29) is 16.9 Å². The molecule has 1 aliphatic heterocycles. The molecule has 100 valence electrons. The summed E-state index contributed by atoms with van der Waals surface area (Å²) in [4.78, 5) is 9.53. The molecule has 1 aromatic heterocycles. The van der Waals surface area contributed by atoms with Crippen molar-refractivity contribution in [3.05, 3.63) is 12.4 Å². The highest BCUT2D eigenvalue weighted by Gasteiger charge is 2.24. The molecule has 3 N–H and O–H groups in total. The van der Waals surface area contributed by atoms with E-state index in [0.717, 1.165) is 25.9 Å². The fraction of sp³-hybridized carbons (Fsp3) is 0.600. The molecule has 2 rings (SSSR count). The molecule has 1 aromatic rings. The first-order chi connectivity index (χ1) is 8.47. The van der Waals surface area contributed by atoms with Gasteiger partial charge in [-0.1, -0.05) is 0 Å². The van der Waals surface area contributed by atoms with Gasteiger partial charge in [-0.05, 0) is 26.4 Å². The summed E-state index contributed by atoms with van der Waals surface area (Å²) in [7, 11) is -1.58. The Morgan fingerprint density at radius 2 is 2.11 bits per heavy atom. The molecule has 7 nitrogen and oxygen atoms in total. The van der Waals surface area contributed by atoms with Crippen molar-refractivity contribution in [3.63, 3.8) is 0 Å². The average Bonchev–Trinajstić information content (AvgIpc) is 2.29. The van der Waals surface area contributed by atoms with Gasteiger partial charge in [0.25, 0.3) is 0 Å². The van der Waals surface area contributed by atoms with Crippen molar-refractivity contribution in [2.75, 3.05) is 25.9 Å². The van der Waals surface area contributed by atoms with E-state index in [2.05, 4.69) is 19.6 Å². The van der Waals surface area contributed by atoms with Gasteiger partial charge in [0, 0.05) is 12.6 Å². The van der Waals surface area contributed by atoms with Crippen LogP contribution in [0.5, 0.6) is 0 Å². The minimum Gasteiger partial charge on any atom is -0.368 e. The Balaban J connectivity index is 2.09. The largest absolute Gasteiger partial charge is 0.368 e. The molecule has 0 aliphatic carbocycles. The summed E-state index contributed by atoms with van der Waals surface area (Å²) in [6.07, 6.45) is 4.27. The Bertz CT molecular complexity index is 502. The van der Waals surface area contributed by atoms with E-state index in [9.17, 15) is 8.42 Å². The van der Waals surface area contributed by atoms with Crippen LogP contribution in [0, 0.1) is 0 Å². The number of hydrogen-bond donors (Lipinski definition) is 2. The third-order valence-corrected chi connectivity index (χ3v) is 4.38. The third-order valence-electron chi connectivity index (χ3n) is 2.90. The molecule has 18 heavy (non-hydrogen) atoms. The number of rotatable bonds is 3. The molecule has 0 amide bonds. The molecule has 1 atom stereocenters. The van der Waals surface area contributed by atoms with E-state index in [0.29, 0.717) is 0 Å². The Morgan fingerprint density at radius 3 is 2.72 bits per heavy atom. The average molecular weight is 271 g/mol. The summed E-state index contributed by atoms with van der Waals surface area (Å²) in [5.41, 5.74) is 5.33. The van der Waals surface area contributed by atoms with Crippen molar-refractivity contribution >= 4 is 16.0 Å². The van der Waals surface area contributed by atoms with Crippen LogP contribution in [-0.2, 0) is 10.0 Å². The first-order valence-corrected chi connectivity index (χ1v) is 7.24. The van der Waals surface area contributed by atoms with Gasteiger partial charge in [-0.3, -0.25) is 0 Å². The van der Waals surface area contributed by atoms with Crippen molar-refractivity contribution < 1.29 is 8.42 Å². The van der Waals surface area contributed by atoms with Gasteiger partial charge in [-0.15, -0.1) is 0 Å². The van der Waals surface area contributed by atoms with Crippen molar-refractivity contribution in [1.82, 2.24) is 19.6 Å². The van der Waals surface area contributed by atoms with E-state index in [4.69, 9.17) is 5.73 Å². The number of nitrogens with one attached hydrogen (secondary N) is 1. The summed E-state index contributed by atoms with van der Waals surface area (Å²) >= 11 is 0. The number of nitrogens with two attached hydrogens (primary N) is 1. The minimum atomic E-state index is -3.56. The maximum Gasteiger partial charge on any atom is 0.243 e. The van der Waals surface area contributed by atoms with Crippen LogP contribution in [-0.4, -0.2) is 49.5 Å². The molecular weight excluding hydrogens is 254 g/mol. The highest BCUT2D eigenvalue weighted by molar-refractivity contribution is 7.89. The van der Waals surface area contributed by atoms with E-state index in [1.807, 2.05) is 7.05 Å². The molecule has 0 bridgehead atoms. The number of likely N-dealkylation sites (tertiary alicyclic amines) is 1. The number of likely N-dealkylation sites (N-methyl/N-ethyl adjacent to an activating group) is 1. The van der Waals surface area contributed by atoms with Gasteiger partial charge in [0.05, 0.1) is 12.4 Å². The summed E-state index contributed by atoms with van der Waals surface area (Å²) < 4.78 is 26.8. The number of nitrogen functional groups attached to an aromatic ring is 1. The highest BCUT2D eigenvalue weighted by Crippen LogP contribution is 2.12. The van der Waals surface area contributed by atoms with Crippen LogP contribution < -0.4 is 10.5 Å². The number of nitrogens with zero attached hydrogens (tertiary/aromatic N) is 3. The van der Waals surface area contributed by atoms with Crippen LogP contribution >= 0.6 is 0 Å². The van der Waals surface area contributed by atoms with Crippen molar-refractivity contribution in [1.29, 1.82) is 0 Å². The standard InChI is InChI=1S/C10H17N5O2S/c1-15-4-2-3-8(7-15)14-18(16,17)9-5-12-10(11)13-6-9/h5-6,8,14H,2-4,7H2,1H3,(H2,11,12,13). The predicted octanol–water partition coefficient (Wildman–Crippen LogP) is -0.569. The summed E-state index contributed by atoms with van der Waals surface area (Å²) in [6.45, 7) is 1.72. The van der Waals surface area contributed by atoms with Crippen LogP contribution in [0.4, 0.5) is 5.95 Å². The maximum absolute atomic E-state index is 12.1. The zero-order valence-corrected chi connectivity index (χ0v) is 11.0. The number of anilines is 1. The van der Waals surface area contributed by atoms with Crippen LogP contribution in [0.15, 0.2) is 17.3 Å². The molecular formula is C10H17N5O2S. The molecule has 1 aliphatic rings. The van der Waals surface area contributed by atoms with E-state index < -0.39 is 10.0 Å². The Hall–Kier alpha value is -1.25. The maximum atomic E-state index is 12.1. The van der Waals surface area contributed by atoms with Gasteiger partial charge in [-0.2, -0.15) is 0 Å². The van der Waals surface area contributed by atoms with Gasteiger partial charge in [0.1, 0.15) is 4.90 Å². The molecule has 0 aromatic carbocycles. The second-order valence-electron chi connectivity index (χ2n) is 4.50. The predicted molar refractivity (Wildman–Crippen MR) is 67.3 cm³/mol. The number of hydrogen-bond acceptors (Lipinski definition) is 6. The highest BCUT2D eigenvalue weighted by atomic mass is 32.2. The van der Waals surface area contributed by atoms with Crippen LogP contribution in [0.25, 0.3) is 0 Å². The van der Waals surface area contributed by atoms with Crippen molar-refractivity contribution in [2.24, 2.45) is 0 Å². The van der Waals surface area contributed by atoms with E-state index in [1.165, 1.54) is 12.4 Å². The zero-order chi connectivity index (χ0) is 13.2. The lowest BCUT2D eigenvalue weighted by Crippen LogP contribution is -2.46. The van der Waals surface area contributed by atoms with Crippen molar-refractivity contribution in [3.8, 4) is 0 Å². The normalized spacial score (nSPS) is 21.9. The minimum absolute atomic E-state index is 0.0462. The Kier molecular flexibility index (Phi) is 3.79. The smallest absolute Gasteiger partial charge is 0.243 e. The molecule has 8 heteroatoms. The topological polar surface area (TPSA) is 101 Å². The number of aromatic nitrogens is 2. The summed E-state index contributed by atoms with van der Waals surface area (Å²) in [5.74, 6) is 0.0614. The number of piperidine rings is 1. The first kappa shape index (κ1) is 13.2. The molecule has 1 unspecified atom stereocenters. The summed E-state index contributed by atoms with van der Waals surface area (Å²) in [5, 5.41) is 0.